The molecule has 8 nitrogen and oxygen atoms in total. The number of amides is 1. The summed E-state index contributed by atoms with van der Waals surface area (Å²) in [6.07, 6.45) is 2.05. The standard InChI is InChI=1S/C21H23N3O5S/c1-24-19(21(25)22-12-11-15-7-5-4-6-8-15)14-18(23-30(24,26)27)17-13-16(28-2)9-10-20(17)29-3/h4-10,13-14H,11-12H2,1-3H3,(H,22,25). The number of nitrogens with zero attached hydrogens (tertiary/aromatic N) is 2. The lowest BCUT2D eigenvalue weighted by Gasteiger charge is -2.24. The number of nitrogens with one attached hydrogen (secondary N) is 1. The molecule has 0 saturated carbocycles. The van der Waals surface area contributed by atoms with Crippen molar-refractivity contribution < 1.29 is 22.7 Å². The highest BCUT2D eigenvalue weighted by molar-refractivity contribution is 7.88. The van der Waals surface area contributed by atoms with Crippen molar-refractivity contribution in [1.29, 1.82) is 0 Å². The summed E-state index contributed by atoms with van der Waals surface area (Å²) >= 11 is 0. The molecule has 0 saturated heterocycles. The first-order valence-electron chi connectivity index (χ1n) is 9.20. The summed E-state index contributed by atoms with van der Waals surface area (Å²) in [5.41, 5.74) is 1.54. The Balaban J connectivity index is 1.88. The minimum absolute atomic E-state index is 0.0297. The number of benzene rings is 2. The molecule has 1 N–H and O–H groups in total. The number of ether oxygens (including phenoxy) is 2. The number of hydrogen-bond acceptors (Lipinski definition) is 5. The van der Waals surface area contributed by atoms with Crippen LogP contribution in [0.4, 0.5) is 0 Å². The molecule has 158 valence electrons. The third-order valence-corrected chi connectivity index (χ3v) is 5.95. The van der Waals surface area contributed by atoms with Crippen molar-refractivity contribution in [3.63, 3.8) is 0 Å². The van der Waals surface area contributed by atoms with Crippen LogP contribution in [0.1, 0.15) is 11.1 Å². The summed E-state index contributed by atoms with van der Waals surface area (Å²) < 4.78 is 40.4. The van der Waals surface area contributed by atoms with Gasteiger partial charge in [0, 0.05) is 19.2 Å². The van der Waals surface area contributed by atoms with Crippen molar-refractivity contribution in [2.75, 3.05) is 27.8 Å². The molecule has 1 aliphatic heterocycles. The van der Waals surface area contributed by atoms with E-state index in [4.69, 9.17) is 9.47 Å². The van der Waals surface area contributed by atoms with Crippen LogP contribution in [0, 0.1) is 0 Å². The number of carbonyl (C=O) groups is 1. The zero-order chi connectivity index (χ0) is 21.7. The van der Waals surface area contributed by atoms with Crippen molar-refractivity contribution in [3.05, 3.63) is 71.4 Å². The van der Waals surface area contributed by atoms with Crippen LogP contribution in [0.25, 0.3) is 0 Å². The van der Waals surface area contributed by atoms with E-state index >= 15 is 0 Å². The Morgan fingerprint density at radius 2 is 1.83 bits per heavy atom. The van der Waals surface area contributed by atoms with Gasteiger partial charge in [0.25, 0.3) is 5.91 Å². The maximum atomic E-state index is 12.7. The van der Waals surface area contributed by atoms with Gasteiger partial charge in [0.05, 0.1) is 19.9 Å². The maximum absolute atomic E-state index is 12.7. The van der Waals surface area contributed by atoms with Gasteiger partial charge >= 0.3 is 10.2 Å². The molecule has 0 radical (unpaired) electrons. The average molecular weight is 429 g/mol. The van der Waals surface area contributed by atoms with E-state index in [1.165, 1.54) is 27.3 Å². The second-order valence-electron chi connectivity index (χ2n) is 6.51. The molecule has 0 spiro atoms. The van der Waals surface area contributed by atoms with Crippen LogP contribution in [0.2, 0.25) is 0 Å². The summed E-state index contributed by atoms with van der Waals surface area (Å²) in [5.74, 6) is 0.410. The summed E-state index contributed by atoms with van der Waals surface area (Å²) in [4.78, 5) is 12.7. The highest BCUT2D eigenvalue weighted by Gasteiger charge is 2.30. The van der Waals surface area contributed by atoms with Gasteiger partial charge in [0.1, 0.15) is 17.2 Å². The van der Waals surface area contributed by atoms with Gasteiger partial charge in [-0.05, 0) is 36.3 Å². The van der Waals surface area contributed by atoms with E-state index in [9.17, 15) is 13.2 Å². The quantitative estimate of drug-likeness (QED) is 0.725. The largest absolute Gasteiger partial charge is 0.497 e. The van der Waals surface area contributed by atoms with Crippen LogP contribution < -0.4 is 14.8 Å². The number of hydrogen-bond donors (Lipinski definition) is 1. The first-order valence-corrected chi connectivity index (χ1v) is 10.6. The summed E-state index contributed by atoms with van der Waals surface area (Å²) in [5, 5.41) is 2.77. The van der Waals surface area contributed by atoms with E-state index in [1.54, 1.807) is 18.2 Å². The van der Waals surface area contributed by atoms with Crippen molar-refractivity contribution in [2.24, 2.45) is 4.40 Å². The molecule has 0 atom stereocenters. The third kappa shape index (κ3) is 4.62. The SMILES string of the molecule is COc1ccc(OC)c(C2=NS(=O)(=O)N(C)C(C(=O)NCCc3ccccc3)=C2)c1. The van der Waals surface area contributed by atoms with Crippen LogP contribution in [-0.4, -0.2) is 52.2 Å². The van der Waals surface area contributed by atoms with Crippen LogP contribution in [0.15, 0.2) is 64.7 Å². The molecular weight excluding hydrogens is 406 g/mol. The monoisotopic (exact) mass is 429 g/mol. The van der Waals surface area contributed by atoms with Gasteiger partial charge in [0.2, 0.25) is 0 Å². The van der Waals surface area contributed by atoms with Crippen LogP contribution in [-0.2, 0) is 21.4 Å². The zero-order valence-corrected chi connectivity index (χ0v) is 17.8. The van der Waals surface area contributed by atoms with Crippen molar-refractivity contribution in [3.8, 4) is 11.5 Å². The molecule has 2 aromatic rings. The molecule has 3 rings (SSSR count). The number of likely N-dealkylation sites (N-methyl/N-ethyl adjacent to an activating group) is 1. The minimum atomic E-state index is -4.08. The Labute approximate surface area is 176 Å². The predicted molar refractivity (Wildman–Crippen MR) is 114 cm³/mol. The lowest BCUT2D eigenvalue weighted by Crippen LogP contribution is -2.39. The second kappa shape index (κ2) is 9.00. The predicted octanol–water partition coefficient (Wildman–Crippen LogP) is 1.93. The molecule has 0 bridgehead atoms. The minimum Gasteiger partial charge on any atom is -0.497 e. The fraction of sp³-hybridized carbons (Fsp3) is 0.238. The van der Waals surface area contributed by atoms with Gasteiger partial charge in [0.15, 0.2) is 0 Å². The molecule has 0 unspecified atom stereocenters. The normalized spacial score (nSPS) is 15.1. The molecule has 0 aliphatic carbocycles. The Morgan fingerprint density at radius 3 is 2.50 bits per heavy atom. The van der Waals surface area contributed by atoms with E-state index in [0.717, 1.165) is 9.87 Å². The van der Waals surface area contributed by atoms with E-state index in [2.05, 4.69) is 9.71 Å². The molecule has 1 heterocycles. The third-order valence-electron chi connectivity index (χ3n) is 4.63. The summed E-state index contributed by atoms with van der Waals surface area (Å²) in [6.45, 7) is 0.364. The first-order chi connectivity index (χ1) is 14.4. The van der Waals surface area contributed by atoms with Crippen LogP contribution >= 0.6 is 0 Å². The van der Waals surface area contributed by atoms with Gasteiger partial charge in [-0.3, -0.25) is 4.79 Å². The first kappa shape index (κ1) is 21.4. The Kier molecular flexibility index (Phi) is 6.41. The van der Waals surface area contributed by atoms with Gasteiger partial charge in [-0.25, -0.2) is 4.31 Å². The Morgan fingerprint density at radius 1 is 1.10 bits per heavy atom. The number of methoxy groups -OCH3 is 2. The molecule has 1 aliphatic rings. The van der Waals surface area contributed by atoms with E-state index in [1.807, 2.05) is 30.3 Å². The number of rotatable bonds is 7. The molecular formula is C21H23N3O5S. The summed E-state index contributed by atoms with van der Waals surface area (Å²) in [7, 11) is 0.183. The molecule has 0 aromatic heterocycles. The number of carbonyl (C=O) groups excluding carboxylic acids is 1. The number of allylic oxidation sites excluding steroid dienone is 1. The Hall–Kier alpha value is -3.33. The molecule has 2 aromatic carbocycles. The van der Waals surface area contributed by atoms with Crippen molar-refractivity contribution in [1.82, 2.24) is 9.62 Å². The van der Waals surface area contributed by atoms with E-state index in [-0.39, 0.29) is 11.4 Å². The van der Waals surface area contributed by atoms with Crippen LogP contribution in [0.5, 0.6) is 11.5 Å². The lowest BCUT2D eigenvalue weighted by molar-refractivity contribution is -0.118. The molecule has 1 amide bonds. The molecule has 30 heavy (non-hydrogen) atoms. The lowest BCUT2D eigenvalue weighted by atomic mass is 10.1. The van der Waals surface area contributed by atoms with Gasteiger partial charge in [-0.1, -0.05) is 30.3 Å². The van der Waals surface area contributed by atoms with Gasteiger partial charge in [-0.15, -0.1) is 4.40 Å². The topological polar surface area (TPSA) is 97.3 Å². The smallest absolute Gasteiger partial charge is 0.345 e. The maximum Gasteiger partial charge on any atom is 0.345 e. The van der Waals surface area contributed by atoms with E-state index < -0.39 is 16.1 Å². The average Bonchev–Trinajstić information content (AvgIpc) is 2.75. The van der Waals surface area contributed by atoms with E-state index in [0.29, 0.717) is 30.0 Å². The zero-order valence-electron chi connectivity index (χ0n) is 17.0. The highest BCUT2D eigenvalue weighted by atomic mass is 32.2. The van der Waals surface area contributed by atoms with Crippen LogP contribution in [0.3, 0.4) is 0 Å². The fourth-order valence-electron chi connectivity index (χ4n) is 2.96. The summed E-state index contributed by atoms with van der Waals surface area (Å²) in [6, 6.07) is 14.6. The van der Waals surface area contributed by atoms with Crippen molar-refractivity contribution in [2.45, 2.75) is 6.42 Å². The van der Waals surface area contributed by atoms with Gasteiger partial charge < -0.3 is 14.8 Å². The van der Waals surface area contributed by atoms with Gasteiger partial charge in [-0.2, -0.15) is 8.42 Å². The van der Waals surface area contributed by atoms with Crippen molar-refractivity contribution >= 4 is 21.8 Å². The second-order valence-corrected chi connectivity index (χ2v) is 8.14. The highest BCUT2D eigenvalue weighted by Crippen LogP contribution is 2.28. The molecule has 0 fully saturated rings. The molecule has 9 heteroatoms. The fourth-order valence-corrected chi connectivity index (χ4v) is 3.87. The Bertz CT molecular complexity index is 1090.